The van der Waals surface area contributed by atoms with Gasteiger partial charge >= 0.3 is 0 Å². The van der Waals surface area contributed by atoms with Crippen molar-refractivity contribution in [3.63, 3.8) is 0 Å². The van der Waals surface area contributed by atoms with Crippen LogP contribution in [0.15, 0.2) is 47.4 Å². The third-order valence-corrected chi connectivity index (χ3v) is 8.58. The summed E-state index contributed by atoms with van der Waals surface area (Å²) in [4.78, 5) is 27.6. The number of ether oxygens (including phenoxy) is 1. The fraction of sp³-hybridized carbons (Fsp3) is 0.462. The molecule has 0 spiro atoms. The zero-order valence-corrected chi connectivity index (χ0v) is 21.0. The highest BCUT2D eigenvalue weighted by Gasteiger charge is 2.29. The van der Waals surface area contributed by atoms with Gasteiger partial charge in [-0.2, -0.15) is 4.31 Å². The Morgan fingerprint density at radius 3 is 2.23 bits per heavy atom. The molecule has 2 aromatic carbocycles. The summed E-state index contributed by atoms with van der Waals surface area (Å²) in [5.74, 6) is -0.301. The number of hydrogen-bond donors (Lipinski definition) is 1. The summed E-state index contributed by atoms with van der Waals surface area (Å²) in [7, 11) is -3.71. The van der Waals surface area contributed by atoms with Crippen LogP contribution in [0.2, 0.25) is 0 Å². The number of nitrogens with one attached hydrogen (secondary N) is 1. The first-order valence-electron chi connectivity index (χ1n) is 12.3. The van der Waals surface area contributed by atoms with E-state index in [1.807, 2.05) is 24.0 Å². The molecule has 2 aromatic rings. The number of hydrogen-bond acceptors (Lipinski definition) is 5. The fourth-order valence-electron chi connectivity index (χ4n) is 4.48. The molecule has 2 saturated heterocycles. The second-order valence-corrected chi connectivity index (χ2v) is 10.8. The Morgan fingerprint density at radius 1 is 0.914 bits per heavy atom. The number of carbonyl (C=O) groups is 2. The van der Waals surface area contributed by atoms with Gasteiger partial charge in [0.15, 0.2) is 0 Å². The Balaban J connectivity index is 1.42. The third kappa shape index (κ3) is 5.91. The van der Waals surface area contributed by atoms with Crippen LogP contribution in [0.5, 0.6) is 0 Å². The van der Waals surface area contributed by atoms with E-state index in [9.17, 15) is 18.0 Å². The van der Waals surface area contributed by atoms with Crippen molar-refractivity contribution in [2.75, 3.05) is 39.4 Å². The van der Waals surface area contributed by atoms with E-state index in [4.69, 9.17) is 4.74 Å². The third-order valence-electron chi connectivity index (χ3n) is 6.60. The molecule has 0 saturated carbocycles. The lowest BCUT2D eigenvalue weighted by atomic mass is 10.1. The highest BCUT2D eigenvalue weighted by atomic mass is 32.2. The summed E-state index contributed by atoms with van der Waals surface area (Å²) in [6.45, 7) is 5.11. The summed E-state index contributed by atoms with van der Waals surface area (Å²) in [5.41, 5.74) is 2.49. The summed E-state index contributed by atoms with van der Waals surface area (Å²) in [5, 5.41) is 2.86. The van der Waals surface area contributed by atoms with Gasteiger partial charge in [-0.15, -0.1) is 0 Å². The van der Waals surface area contributed by atoms with Gasteiger partial charge in [0.05, 0.1) is 18.1 Å². The van der Waals surface area contributed by atoms with Gasteiger partial charge in [0.25, 0.3) is 11.8 Å². The number of sulfonamides is 1. The Bertz CT molecular complexity index is 1150. The van der Waals surface area contributed by atoms with E-state index in [-0.39, 0.29) is 23.3 Å². The molecule has 4 rings (SSSR count). The molecule has 0 aliphatic carbocycles. The Labute approximate surface area is 207 Å². The molecular formula is C26H33N3O5S. The lowest BCUT2D eigenvalue weighted by Crippen LogP contribution is -2.41. The highest BCUT2D eigenvalue weighted by Crippen LogP contribution is 2.23. The average Bonchev–Trinajstić information content (AvgIpc) is 2.92. The molecular weight excluding hydrogens is 466 g/mol. The normalized spacial score (nSPS) is 17.2. The molecule has 35 heavy (non-hydrogen) atoms. The largest absolute Gasteiger partial charge is 0.379 e. The first kappa shape index (κ1) is 25.3. The number of piperidine rings is 1. The maximum absolute atomic E-state index is 13.2. The molecule has 2 amide bonds. The molecule has 0 bridgehead atoms. The Morgan fingerprint density at radius 2 is 1.57 bits per heavy atom. The van der Waals surface area contributed by atoms with E-state index in [0.29, 0.717) is 49.4 Å². The SMILES string of the molecule is CCc1ccc(C(=O)NCc2ccc(C(=O)N3CCCCC3)cc2)cc1S(=O)(=O)N1CCOCC1. The molecule has 2 fully saturated rings. The molecule has 0 aromatic heterocycles. The summed E-state index contributed by atoms with van der Waals surface area (Å²) in [6, 6.07) is 12.1. The van der Waals surface area contributed by atoms with E-state index in [0.717, 1.165) is 31.5 Å². The van der Waals surface area contributed by atoms with Crippen LogP contribution in [0.3, 0.4) is 0 Å². The predicted octanol–water partition coefficient (Wildman–Crippen LogP) is 2.83. The van der Waals surface area contributed by atoms with Gasteiger partial charge in [-0.3, -0.25) is 9.59 Å². The van der Waals surface area contributed by atoms with E-state index in [2.05, 4.69) is 5.32 Å². The molecule has 2 aliphatic rings. The predicted molar refractivity (Wildman–Crippen MR) is 133 cm³/mol. The summed E-state index contributed by atoms with van der Waals surface area (Å²) in [6.07, 6.45) is 3.81. The molecule has 9 heteroatoms. The number of carbonyl (C=O) groups excluding carboxylic acids is 2. The van der Waals surface area contributed by atoms with Crippen molar-refractivity contribution in [2.45, 2.75) is 44.0 Å². The first-order chi connectivity index (χ1) is 16.9. The molecule has 0 radical (unpaired) electrons. The number of amides is 2. The van der Waals surface area contributed by atoms with Gasteiger partial charge in [0.2, 0.25) is 10.0 Å². The van der Waals surface area contributed by atoms with Crippen LogP contribution >= 0.6 is 0 Å². The van der Waals surface area contributed by atoms with Crippen molar-refractivity contribution in [2.24, 2.45) is 0 Å². The topological polar surface area (TPSA) is 96.0 Å². The second kappa shape index (κ2) is 11.3. The van der Waals surface area contributed by atoms with Crippen LogP contribution in [0, 0.1) is 0 Å². The fourth-order valence-corrected chi connectivity index (χ4v) is 6.21. The van der Waals surface area contributed by atoms with Gasteiger partial charge in [-0.1, -0.05) is 25.1 Å². The molecule has 0 unspecified atom stereocenters. The summed E-state index contributed by atoms with van der Waals surface area (Å²) >= 11 is 0. The van der Waals surface area contributed by atoms with Crippen LogP contribution < -0.4 is 5.32 Å². The monoisotopic (exact) mass is 499 g/mol. The van der Waals surface area contributed by atoms with Crippen molar-refractivity contribution < 1.29 is 22.7 Å². The van der Waals surface area contributed by atoms with Crippen LogP contribution in [-0.2, 0) is 27.7 Å². The van der Waals surface area contributed by atoms with Crippen molar-refractivity contribution in [1.29, 1.82) is 0 Å². The maximum Gasteiger partial charge on any atom is 0.253 e. The van der Waals surface area contributed by atoms with E-state index in [1.54, 1.807) is 24.3 Å². The standard InChI is InChI=1S/C26H33N3O5S/c1-2-21-10-11-23(18-24(21)35(32,33)29-14-16-34-17-15-29)25(30)27-19-20-6-8-22(9-7-20)26(31)28-12-4-3-5-13-28/h6-11,18H,2-5,12-17,19H2,1H3,(H,27,30). The number of likely N-dealkylation sites (tertiary alicyclic amines) is 1. The highest BCUT2D eigenvalue weighted by molar-refractivity contribution is 7.89. The quantitative estimate of drug-likeness (QED) is 0.632. The lowest BCUT2D eigenvalue weighted by Gasteiger charge is -2.27. The van der Waals surface area contributed by atoms with E-state index in [1.165, 1.54) is 16.8 Å². The minimum atomic E-state index is -3.71. The number of benzene rings is 2. The van der Waals surface area contributed by atoms with Crippen molar-refractivity contribution in [3.8, 4) is 0 Å². The summed E-state index contributed by atoms with van der Waals surface area (Å²) < 4.78 is 33.2. The van der Waals surface area contributed by atoms with Crippen LogP contribution in [0.25, 0.3) is 0 Å². The lowest BCUT2D eigenvalue weighted by molar-refractivity contribution is 0.0724. The molecule has 2 heterocycles. The first-order valence-corrected chi connectivity index (χ1v) is 13.7. The van der Waals surface area contributed by atoms with Crippen molar-refractivity contribution in [1.82, 2.24) is 14.5 Å². The molecule has 2 aliphatic heterocycles. The zero-order chi connectivity index (χ0) is 24.8. The van der Waals surface area contributed by atoms with Gasteiger partial charge in [0, 0.05) is 43.9 Å². The molecule has 1 N–H and O–H groups in total. The Kier molecular flexibility index (Phi) is 8.20. The van der Waals surface area contributed by atoms with Crippen molar-refractivity contribution >= 4 is 21.8 Å². The Hall–Kier alpha value is -2.75. The van der Waals surface area contributed by atoms with Gasteiger partial charge < -0.3 is 15.0 Å². The number of rotatable bonds is 7. The van der Waals surface area contributed by atoms with Crippen LogP contribution in [0.1, 0.15) is 58.0 Å². The van der Waals surface area contributed by atoms with E-state index < -0.39 is 10.0 Å². The number of nitrogens with zero attached hydrogens (tertiary/aromatic N) is 2. The average molecular weight is 500 g/mol. The molecule has 8 nitrogen and oxygen atoms in total. The molecule has 188 valence electrons. The smallest absolute Gasteiger partial charge is 0.253 e. The van der Waals surface area contributed by atoms with Crippen molar-refractivity contribution in [3.05, 3.63) is 64.7 Å². The van der Waals surface area contributed by atoms with Gasteiger partial charge in [-0.05, 0) is 61.1 Å². The van der Waals surface area contributed by atoms with Crippen LogP contribution in [0.4, 0.5) is 0 Å². The number of morpholine rings is 1. The maximum atomic E-state index is 13.2. The number of aryl methyl sites for hydroxylation is 1. The molecule has 0 atom stereocenters. The minimum Gasteiger partial charge on any atom is -0.379 e. The van der Waals surface area contributed by atoms with E-state index >= 15 is 0 Å². The second-order valence-electron chi connectivity index (χ2n) is 8.92. The van der Waals surface area contributed by atoms with Crippen LogP contribution in [-0.4, -0.2) is 68.8 Å². The van der Waals surface area contributed by atoms with Gasteiger partial charge in [0.1, 0.15) is 0 Å². The zero-order valence-electron chi connectivity index (χ0n) is 20.2. The van der Waals surface area contributed by atoms with Gasteiger partial charge in [-0.25, -0.2) is 8.42 Å². The minimum absolute atomic E-state index is 0.0466.